The molecule has 1 N–H and O–H groups in total. The molecule has 1 aromatic carbocycles. The summed E-state index contributed by atoms with van der Waals surface area (Å²) in [6.07, 6.45) is 2.24. The molecular formula is C15H23NO3. The van der Waals surface area contributed by atoms with Crippen LogP contribution < -0.4 is 19.5 Å². The average molecular weight is 265 g/mol. The molecule has 1 heterocycles. The topological polar surface area (TPSA) is 39.7 Å². The van der Waals surface area contributed by atoms with E-state index >= 15 is 0 Å². The van der Waals surface area contributed by atoms with E-state index in [1.165, 1.54) is 5.56 Å². The zero-order valence-electron chi connectivity index (χ0n) is 12.2. The van der Waals surface area contributed by atoms with E-state index < -0.39 is 0 Å². The van der Waals surface area contributed by atoms with Gasteiger partial charge in [-0.2, -0.15) is 0 Å². The lowest BCUT2D eigenvalue weighted by Crippen LogP contribution is -2.25. The number of hydrogen-bond acceptors (Lipinski definition) is 4. The highest BCUT2D eigenvalue weighted by molar-refractivity contribution is 5.52. The van der Waals surface area contributed by atoms with E-state index in [4.69, 9.17) is 14.2 Å². The van der Waals surface area contributed by atoms with E-state index in [9.17, 15) is 0 Å². The second-order valence-corrected chi connectivity index (χ2v) is 4.81. The van der Waals surface area contributed by atoms with E-state index in [-0.39, 0.29) is 0 Å². The largest absolute Gasteiger partial charge is 0.496 e. The molecule has 2 rings (SSSR count). The van der Waals surface area contributed by atoms with E-state index in [0.29, 0.717) is 17.7 Å². The van der Waals surface area contributed by atoms with E-state index in [0.717, 1.165) is 30.9 Å². The highest BCUT2D eigenvalue weighted by atomic mass is 16.5. The Bertz CT molecular complexity index is 434. The van der Waals surface area contributed by atoms with Crippen molar-refractivity contribution in [2.45, 2.75) is 31.7 Å². The quantitative estimate of drug-likeness (QED) is 0.888. The number of benzene rings is 1. The fourth-order valence-corrected chi connectivity index (χ4v) is 2.91. The molecule has 19 heavy (non-hydrogen) atoms. The van der Waals surface area contributed by atoms with Gasteiger partial charge in [0, 0.05) is 23.6 Å². The Morgan fingerprint density at radius 1 is 1.05 bits per heavy atom. The lowest BCUT2D eigenvalue weighted by atomic mass is 9.89. The van der Waals surface area contributed by atoms with Crippen LogP contribution in [0.15, 0.2) is 12.1 Å². The third-order valence-corrected chi connectivity index (χ3v) is 3.92. The fraction of sp³-hybridized carbons (Fsp3) is 0.600. The van der Waals surface area contributed by atoms with E-state index in [1.807, 2.05) is 6.07 Å². The normalized spacial score (nSPS) is 22.3. The predicted molar refractivity (Wildman–Crippen MR) is 75.5 cm³/mol. The van der Waals surface area contributed by atoms with Gasteiger partial charge in [0.1, 0.15) is 5.75 Å². The van der Waals surface area contributed by atoms with Crippen molar-refractivity contribution in [2.24, 2.45) is 0 Å². The maximum Gasteiger partial charge on any atom is 0.164 e. The molecule has 1 saturated heterocycles. The summed E-state index contributed by atoms with van der Waals surface area (Å²) in [6, 6.07) is 4.48. The first-order valence-corrected chi connectivity index (χ1v) is 6.78. The van der Waals surface area contributed by atoms with Gasteiger partial charge in [-0.15, -0.1) is 0 Å². The molecule has 0 amide bonds. The van der Waals surface area contributed by atoms with Gasteiger partial charge < -0.3 is 19.5 Å². The lowest BCUT2D eigenvalue weighted by Gasteiger charge is -2.22. The monoisotopic (exact) mass is 265 g/mol. The molecule has 2 atom stereocenters. The van der Waals surface area contributed by atoms with Crippen LogP contribution in [0.2, 0.25) is 0 Å². The van der Waals surface area contributed by atoms with Crippen molar-refractivity contribution in [3.63, 3.8) is 0 Å². The van der Waals surface area contributed by atoms with Gasteiger partial charge in [-0.3, -0.25) is 0 Å². The summed E-state index contributed by atoms with van der Waals surface area (Å²) in [5, 5.41) is 3.54. The van der Waals surface area contributed by atoms with Gasteiger partial charge in [0.15, 0.2) is 11.5 Å². The Kier molecular flexibility index (Phi) is 4.53. The smallest absolute Gasteiger partial charge is 0.164 e. The molecule has 0 aromatic heterocycles. The Morgan fingerprint density at radius 3 is 2.26 bits per heavy atom. The van der Waals surface area contributed by atoms with Crippen LogP contribution >= 0.6 is 0 Å². The first kappa shape index (κ1) is 14.0. The molecule has 1 aliphatic heterocycles. The van der Waals surface area contributed by atoms with Crippen molar-refractivity contribution in [1.82, 2.24) is 5.32 Å². The van der Waals surface area contributed by atoms with Gasteiger partial charge in [-0.05, 0) is 25.5 Å². The van der Waals surface area contributed by atoms with Gasteiger partial charge in [0.05, 0.1) is 21.3 Å². The summed E-state index contributed by atoms with van der Waals surface area (Å²) < 4.78 is 16.3. The number of ether oxygens (including phenoxy) is 3. The molecule has 1 aromatic rings. The van der Waals surface area contributed by atoms with Gasteiger partial charge in [0.2, 0.25) is 0 Å². The Hall–Kier alpha value is -1.42. The molecule has 0 saturated carbocycles. The second-order valence-electron chi connectivity index (χ2n) is 4.81. The van der Waals surface area contributed by atoms with Gasteiger partial charge >= 0.3 is 0 Å². The molecule has 1 fully saturated rings. The standard InChI is InChI=1S/C15H23NO3/c1-5-12-10(6-7-16-12)11-8-14(18-3)15(19-4)9-13(11)17-2/h8-10,12,16H,5-7H2,1-4H3. The summed E-state index contributed by atoms with van der Waals surface area (Å²) in [5.41, 5.74) is 1.21. The van der Waals surface area contributed by atoms with Crippen LogP contribution in [0.1, 0.15) is 31.2 Å². The van der Waals surface area contributed by atoms with Crippen molar-refractivity contribution >= 4 is 0 Å². The first-order chi connectivity index (χ1) is 9.24. The number of hydrogen-bond donors (Lipinski definition) is 1. The van der Waals surface area contributed by atoms with Crippen LogP contribution in [0.4, 0.5) is 0 Å². The van der Waals surface area contributed by atoms with Crippen LogP contribution in [-0.2, 0) is 0 Å². The molecule has 1 aliphatic rings. The first-order valence-electron chi connectivity index (χ1n) is 6.78. The van der Waals surface area contributed by atoms with Crippen LogP contribution in [-0.4, -0.2) is 33.9 Å². The summed E-state index contributed by atoms with van der Waals surface area (Å²) in [6.45, 7) is 3.27. The molecular weight excluding hydrogens is 242 g/mol. The summed E-state index contributed by atoms with van der Waals surface area (Å²) in [5.74, 6) is 2.83. The summed E-state index contributed by atoms with van der Waals surface area (Å²) in [4.78, 5) is 0. The SMILES string of the molecule is CCC1NCCC1c1cc(OC)c(OC)cc1OC. The van der Waals surface area contributed by atoms with Gasteiger partial charge in [-0.25, -0.2) is 0 Å². The van der Waals surface area contributed by atoms with Crippen LogP contribution in [0, 0.1) is 0 Å². The van der Waals surface area contributed by atoms with Crippen molar-refractivity contribution in [3.8, 4) is 17.2 Å². The van der Waals surface area contributed by atoms with E-state index in [2.05, 4.69) is 18.3 Å². The molecule has 0 bridgehead atoms. The van der Waals surface area contributed by atoms with Gasteiger partial charge in [-0.1, -0.05) is 6.92 Å². The van der Waals surface area contributed by atoms with E-state index in [1.54, 1.807) is 21.3 Å². The Morgan fingerprint density at radius 2 is 1.68 bits per heavy atom. The van der Waals surface area contributed by atoms with Crippen molar-refractivity contribution < 1.29 is 14.2 Å². The van der Waals surface area contributed by atoms with Gasteiger partial charge in [0.25, 0.3) is 0 Å². The summed E-state index contributed by atoms with van der Waals surface area (Å²) >= 11 is 0. The highest BCUT2D eigenvalue weighted by Crippen LogP contribution is 2.41. The maximum absolute atomic E-state index is 5.53. The molecule has 4 heteroatoms. The third-order valence-electron chi connectivity index (χ3n) is 3.92. The summed E-state index contributed by atoms with van der Waals surface area (Å²) in [7, 11) is 5.01. The molecule has 0 aliphatic carbocycles. The van der Waals surface area contributed by atoms with Crippen molar-refractivity contribution in [1.29, 1.82) is 0 Å². The predicted octanol–water partition coefficient (Wildman–Crippen LogP) is 2.57. The Labute approximate surface area is 115 Å². The minimum atomic E-state index is 0.472. The van der Waals surface area contributed by atoms with Crippen molar-refractivity contribution in [2.75, 3.05) is 27.9 Å². The zero-order valence-corrected chi connectivity index (χ0v) is 12.2. The zero-order chi connectivity index (χ0) is 13.8. The second kappa shape index (κ2) is 6.15. The Balaban J connectivity index is 2.43. The van der Waals surface area contributed by atoms with Crippen molar-refractivity contribution in [3.05, 3.63) is 17.7 Å². The number of nitrogens with one attached hydrogen (secondary N) is 1. The highest BCUT2D eigenvalue weighted by Gasteiger charge is 2.30. The molecule has 4 nitrogen and oxygen atoms in total. The molecule has 106 valence electrons. The van der Waals surface area contributed by atoms with Crippen LogP contribution in [0.3, 0.4) is 0 Å². The lowest BCUT2D eigenvalue weighted by molar-refractivity contribution is 0.345. The number of methoxy groups -OCH3 is 3. The minimum Gasteiger partial charge on any atom is -0.496 e. The van der Waals surface area contributed by atoms with Crippen LogP contribution in [0.25, 0.3) is 0 Å². The average Bonchev–Trinajstić information content (AvgIpc) is 2.93. The maximum atomic E-state index is 5.53. The minimum absolute atomic E-state index is 0.472. The van der Waals surface area contributed by atoms with Crippen LogP contribution in [0.5, 0.6) is 17.2 Å². The molecule has 0 spiro atoms. The molecule has 0 radical (unpaired) electrons. The third kappa shape index (κ3) is 2.63. The fourth-order valence-electron chi connectivity index (χ4n) is 2.91. The molecule has 2 unspecified atom stereocenters. The number of rotatable bonds is 5.